The van der Waals surface area contributed by atoms with Crippen LogP contribution in [0.5, 0.6) is 11.5 Å². The molecule has 0 unspecified atom stereocenters. The number of aromatic amines is 1. The van der Waals surface area contributed by atoms with Crippen LogP contribution in [0.25, 0.3) is 10.9 Å². The van der Waals surface area contributed by atoms with Gasteiger partial charge in [0.15, 0.2) is 11.5 Å². The van der Waals surface area contributed by atoms with Crippen molar-refractivity contribution in [3.63, 3.8) is 0 Å². The number of aliphatic imine (C=N–C) groups is 1. The molecule has 0 spiro atoms. The summed E-state index contributed by atoms with van der Waals surface area (Å²) in [5.74, 6) is 1.33. The molecule has 0 fully saturated rings. The molecule has 174 valence electrons. The standard InChI is InChI=1S/C27H28N4O3/c1-18-7-6-8-19(15-18)26(32)31-27(30-21-11-12-24(33-2)25(16-21)34-3)28-14-13-20-17-29-23-10-5-4-9-22(20)23/h4-12,15-17,29H,13-14H2,1-3H3,(H2,28,30,31,32). The maximum Gasteiger partial charge on any atom is 0.257 e. The number of benzene rings is 3. The summed E-state index contributed by atoms with van der Waals surface area (Å²) < 4.78 is 10.7. The molecule has 0 aliphatic carbocycles. The zero-order valence-corrected chi connectivity index (χ0v) is 19.5. The van der Waals surface area contributed by atoms with Gasteiger partial charge in [-0.3, -0.25) is 15.1 Å². The van der Waals surface area contributed by atoms with Gasteiger partial charge in [-0.2, -0.15) is 0 Å². The molecule has 0 bridgehead atoms. The Bertz CT molecular complexity index is 1330. The van der Waals surface area contributed by atoms with E-state index in [-0.39, 0.29) is 5.91 Å². The van der Waals surface area contributed by atoms with E-state index in [0.29, 0.717) is 35.3 Å². The van der Waals surface area contributed by atoms with Gasteiger partial charge >= 0.3 is 0 Å². The molecule has 7 heteroatoms. The number of aromatic nitrogens is 1. The second kappa shape index (κ2) is 10.6. The summed E-state index contributed by atoms with van der Waals surface area (Å²) in [6.07, 6.45) is 2.73. The van der Waals surface area contributed by atoms with Crippen molar-refractivity contribution in [2.75, 3.05) is 26.1 Å². The van der Waals surface area contributed by atoms with Crippen LogP contribution in [0.1, 0.15) is 21.5 Å². The fourth-order valence-electron chi connectivity index (χ4n) is 3.75. The number of rotatable bonds is 7. The third-order valence-electron chi connectivity index (χ3n) is 5.48. The van der Waals surface area contributed by atoms with Gasteiger partial charge in [-0.25, -0.2) is 0 Å². The molecular formula is C27H28N4O3. The minimum atomic E-state index is -0.234. The van der Waals surface area contributed by atoms with Crippen molar-refractivity contribution in [3.8, 4) is 11.5 Å². The van der Waals surface area contributed by atoms with Gasteiger partial charge in [0.2, 0.25) is 5.96 Å². The predicted octanol–water partition coefficient (Wildman–Crippen LogP) is 4.93. The molecule has 0 radical (unpaired) electrons. The van der Waals surface area contributed by atoms with Crippen molar-refractivity contribution in [1.82, 2.24) is 10.3 Å². The third-order valence-corrected chi connectivity index (χ3v) is 5.48. The van der Waals surface area contributed by atoms with E-state index in [0.717, 1.165) is 17.5 Å². The fraction of sp³-hybridized carbons (Fsp3) is 0.185. The zero-order chi connectivity index (χ0) is 23.9. The highest BCUT2D eigenvalue weighted by Crippen LogP contribution is 2.29. The number of methoxy groups -OCH3 is 2. The number of amides is 1. The van der Waals surface area contributed by atoms with Crippen molar-refractivity contribution >= 4 is 28.5 Å². The van der Waals surface area contributed by atoms with Gasteiger partial charge in [-0.05, 0) is 49.2 Å². The molecule has 34 heavy (non-hydrogen) atoms. The summed E-state index contributed by atoms with van der Waals surface area (Å²) in [6, 6.07) is 21.0. The van der Waals surface area contributed by atoms with E-state index >= 15 is 0 Å². The summed E-state index contributed by atoms with van der Waals surface area (Å²) >= 11 is 0. The maximum atomic E-state index is 12.9. The molecule has 1 heterocycles. The Morgan fingerprint density at radius 3 is 2.59 bits per heavy atom. The van der Waals surface area contributed by atoms with Gasteiger partial charge in [0.1, 0.15) is 0 Å². The Morgan fingerprint density at radius 1 is 0.971 bits per heavy atom. The fourth-order valence-corrected chi connectivity index (χ4v) is 3.75. The smallest absolute Gasteiger partial charge is 0.257 e. The van der Waals surface area contributed by atoms with Crippen molar-refractivity contribution in [2.24, 2.45) is 4.99 Å². The number of carbonyl (C=O) groups is 1. The van der Waals surface area contributed by atoms with Crippen LogP contribution in [0.15, 0.2) is 77.9 Å². The van der Waals surface area contributed by atoms with E-state index < -0.39 is 0 Å². The molecular weight excluding hydrogens is 428 g/mol. The second-order valence-electron chi connectivity index (χ2n) is 7.86. The van der Waals surface area contributed by atoms with Crippen molar-refractivity contribution in [1.29, 1.82) is 0 Å². The van der Waals surface area contributed by atoms with Crippen LogP contribution in [0.4, 0.5) is 5.69 Å². The average molecular weight is 457 g/mol. The van der Waals surface area contributed by atoms with Crippen LogP contribution < -0.4 is 20.1 Å². The normalized spacial score (nSPS) is 11.3. The summed E-state index contributed by atoms with van der Waals surface area (Å²) in [7, 11) is 3.17. The Hall–Kier alpha value is -4.26. The first-order valence-corrected chi connectivity index (χ1v) is 11.0. The number of guanidine groups is 1. The number of nitrogens with zero attached hydrogens (tertiary/aromatic N) is 1. The molecule has 0 aliphatic rings. The van der Waals surface area contributed by atoms with Gasteiger partial charge in [0, 0.05) is 41.0 Å². The monoisotopic (exact) mass is 456 g/mol. The Kier molecular flexibility index (Phi) is 7.13. The Balaban J connectivity index is 1.55. The number of aryl methyl sites for hydroxylation is 1. The first-order valence-electron chi connectivity index (χ1n) is 11.0. The van der Waals surface area contributed by atoms with E-state index in [1.807, 2.05) is 55.6 Å². The van der Waals surface area contributed by atoms with E-state index in [9.17, 15) is 4.79 Å². The zero-order valence-electron chi connectivity index (χ0n) is 19.5. The van der Waals surface area contributed by atoms with Crippen molar-refractivity contribution < 1.29 is 14.3 Å². The molecule has 0 atom stereocenters. The lowest BCUT2D eigenvalue weighted by Gasteiger charge is -2.14. The molecule has 0 aliphatic heterocycles. The second-order valence-corrected chi connectivity index (χ2v) is 7.86. The summed E-state index contributed by atoms with van der Waals surface area (Å²) in [5, 5.41) is 7.30. The molecule has 1 amide bonds. The first kappa shape index (κ1) is 22.9. The van der Waals surface area contributed by atoms with E-state index in [2.05, 4.69) is 26.7 Å². The highest BCUT2D eigenvalue weighted by molar-refractivity contribution is 6.10. The number of nitrogens with one attached hydrogen (secondary N) is 3. The SMILES string of the molecule is COc1ccc(NC(=NCCc2c[nH]c3ccccc23)NC(=O)c2cccc(C)c2)cc1OC. The van der Waals surface area contributed by atoms with Crippen LogP contribution in [0.2, 0.25) is 0 Å². The quantitative estimate of drug-likeness (QED) is 0.272. The van der Waals surface area contributed by atoms with Crippen LogP contribution >= 0.6 is 0 Å². The lowest BCUT2D eigenvalue weighted by atomic mass is 10.1. The Labute approximate surface area is 198 Å². The minimum Gasteiger partial charge on any atom is -0.493 e. The number of hydrogen-bond acceptors (Lipinski definition) is 4. The molecule has 3 aromatic carbocycles. The van der Waals surface area contributed by atoms with Crippen molar-refractivity contribution in [3.05, 3.63) is 89.6 Å². The predicted molar refractivity (Wildman–Crippen MR) is 136 cm³/mol. The van der Waals surface area contributed by atoms with Crippen LogP contribution in [-0.4, -0.2) is 37.6 Å². The van der Waals surface area contributed by atoms with Gasteiger partial charge in [-0.15, -0.1) is 0 Å². The molecule has 7 nitrogen and oxygen atoms in total. The van der Waals surface area contributed by atoms with Crippen LogP contribution in [0, 0.1) is 6.92 Å². The lowest BCUT2D eigenvalue weighted by Crippen LogP contribution is -2.36. The molecule has 1 aromatic heterocycles. The number of H-pyrrole nitrogens is 1. The van der Waals surface area contributed by atoms with Crippen LogP contribution in [0.3, 0.4) is 0 Å². The highest BCUT2D eigenvalue weighted by atomic mass is 16.5. The van der Waals surface area contributed by atoms with Gasteiger partial charge in [0.05, 0.1) is 14.2 Å². The highest BCUT2D eigenvalue weighted by Gasteiger charge is 2.12. The van der Waals surface area contributed by atoms with Gasteiger partial charge < -0.3 is 19.8 Å². The number of ether oxygens (including phenoxy) is 2. The molecule has 0 saturated carbocycles. The summed E-state index contributed by atoms with van der Waals surface area (Å²) in [4.78, 5) is 20.9. The average Bonchev–Trinajstić information content (AvgIpc) is 3.27. The molecule has 3 N–H and O–H groups in total. The number of anilines is 1. The topological polar surface area (TPSA) is 87.7 Å². The summed E-state index contributed by atoms with van der Waals surface area (Å²) in [5.41, 5.74) is 4.57. The molecule has 4 rings (SSSR count). The van der Waals surface area contributed by atoms with E-state index in [1.54, 1.807) is 32.4 Å². The van der Waals surface area contributed by atoms with E-state index in [4.69, 9.17) is 9.47 Å². The number of fused-ring (bicyclic) bond motifs is 1. The van der Waals surface area contributed by atoms with Gasteiger partial charge in [0.25, 0.3) is 5.91 Å². The minimum absolute atomic E-state index is 0.234. The van der Waals surface area contributed by atoms with Gasteiger partial charge in [-0.1, -0.05) is 35.9 Å². The van der Waals surface area contributed by atoms with Crippen LogP contribution in [-0.2, 0) is 6.42 Å². The largest absolute Gasteiger partial charge is 0.493 e. The first-order chi connectivity index (χ1) is 16.6. The van der Waals surface area contributed by atoms with E-state index in [1.165, 1.54) is 10.9 Å². The number of hydrogen-bond donors (Lipinski definition) is 3. The molecule has 4 aromatic rings. The maximum absolute atomic E-state index is 12.9. The summed E-state index contributed by atoms with van der Waals surface area (Å²) in [6.45, 7) is 2.44. The lowest BCUT2D eigenvalue weighted by molar-refractivity contribution is 0.0977. The third kappa shape index (κ3) is 5.38. The number of para-hydroxylation sites is 1. The molecule has 0 saturated heterocycles. The van der Waals surface area contributed by atoms with Crippen molar-refractivity contribution in [2.45, 2.75) is 13.3 Å². The number of carbonyl (C=O) groups excluding carboxylic acids is 1. The Morgan fingerprint density at radius 2 is 1.79 bits per heavy atom.